The zero-order valence-electron chi connectivity index (χ0n) is 18.3. The molecule has 0 aliphatic heterocycles. The van der Waals surface area contributed by atoms with Crippen LogP contribution < -0.4 is 0 Å². The number of nitrogens with one attached hydrogen (secondary N) is 1. The number of esters is 1. The van der Waals surface area contributed by atoms with Gasteiger partial charge in [0.05, 0.1) is 23.7 Å². The van der Waals surface area contributed by atoms with E-state index >= 15 is 0 Å². The summed E-state index contributed by atoms with van der Waals surface area (Å²) in [5.74, 6) is 0.703. The third-order valence-electron chi connectivity index (χ3n) is 6.21. The number of aromatic amines is 1. The van der Waals surface area contributed by atoms with Crippen LogP contribution >= 0.6 is 12.2 Å². The number of carbonyl (C=O) groups is 1. The average Bonchev–Trinajstić information content (AvgIpc) is 3.49. The summed E-state index contributed by atoms with van der Waals surface area (Å²) in [5, 5.41) is 2.83. The predicted octanol–water partition coefficient (Wildman–Crippen LogP) is 6.07. The highest BCUT2D eigenvalue weighted by Gasteiger charge is 2.28. The molecule has 0 saturated heterocycles. The summed E-state index contributed by atoms with van der Waals surface area (Å²) in [6, 6.07) is 19.9. The first kappa shape index (κ1) is 20.6. The number of rotatable bonds is 5. The van der Waals surface area contributed by atoms with Gasteiger partial charge in [0.25, 0.3) is 0 Å². The minimum Gasteiger partial charge on any atom is -0.465 e. The number of imidazole rings is 1. The number of H-pyrrole nitrogens is 1. The lowest BCUT2D eigenvalue weighted by Crippen LogP contribution is -2.05. The molecule has 8 heteroatoms. The largest absolute Gasteiger partial charge is 0.465 e. The van der Waals surface area contributed by atoms with E-state index in [2.05, 4.69) is 39.4 Å². The second kappa shape index (κ2) is 8.07. The molecule has 0 bridgehead atoms. The van der Waals surface area contributed by atoms with Crippen molar-refractivity contribution in [2.75, 3.05) is 7.11 Å². The van der Waals surface area contributed by atoms with Gasteiger partial charge in [-0.1, -0.05) is 36.4 Å². The van der Waals surface area contributed by atoms with E-state index in [-0.39, 0.29) is 10.8 Å². The molecular weight excluding hydrogens is 448 g/mol. The Morgan fingerprint density at radius 2 is 1.91 bits per heavy atom. The number of carbonyl (C=O) groups excluding carboxylic acids is 1. The number of para-hydroxylation sites is 1. The van der Waals surface area contributed by atoms with Crippen LogP contribution in [0.15, 0.2) is 71.5 Å². The van der Waals surface area contributed by atoms with Gasteiger partial charge in [-0.25, -0.2) is 14.9 Å². The maximum absolute atomic E-state index is 12.4. The van der Waals surface area contributed by atoms with E-state index in [0.29, 0.717) is 17.3 Å². The Hall–Kier alpha value is -4.04. The topological polar surface area (TPSA) is 85.9 Å². The molecule has 0 radical (unpaired) electrons. The van der Waals surface area contributed by atoms with E-state index < -0.39 is 0 Å². The Balaban J connectivity index is 1.53. The van der Waals surface area contributed by atoms with Crippen LogP contribution in [0.3, 0.4) is 0 Å². The van der Waals surface area contributed by atoms with Gasteiger partial charge < -0.3 is 9.26 Å². The van der Waals surface area contributed by atoms with E-state index in [4.69, 9.17) is 21.5 Å². The third kappa shape index (κ3) is 3.43. The highest BCUT2D eigenvalue weighted by Crippen LogP contribution is 2.46. The van der Waals surface area contributed by atoms with E-state index in [1.807, 2.05) is 34.9 Å². The van der Waals surface area contributed by atoms with Crippen LogP contribution in [-0.2, 0) is 4.74 Å². The molecule has 1 fully saturated rings. The molecule has 2 heterocycles. The molecule has 0 amide bonds. The molecule has 168 valence electrons. The van der Waals surface area contributed by atoms with Crippen LogP contribution in [0.4, 0.5) is 0 Å². The van der Waals surface area contributed by atoms with Crippen molar-refractivity contribution in [3.8, 4) is 28.2 Å². The maximum atomic E-state index is 12.4. The predicted molar refractivity (Wildman–Crippen MR) is 131 cm³/mol. The summed E-state index contributed by atoms with van der Waals surface area (Å²) < 4.78 is 12.1. The van der Waals surface area contributed by atoms with Gasteiger partial charge in [-0.2, -0.15) is 4.98 Å². The normalized spacial score (nSPS) is 13.3. The first-order valence-corrected chi connectivity index (χ1v) is 11.4. The monoisotopic (exact) mass is 468 g/mol. The Bertz CT molecular complexity index is 1610. The second-order valence-electron chi connectivity index (χ2n) is 8.30. The van der Waals surface area contributed by atoms with Crippen molar-refractivity contribution in [3.05, 3.63) is 83.0 Å². The molecule has 1 aliphatic carbocycles. The van der Waals surface area contributed by atoms with Crippen molar-refractivity contribution >= 4 is 29.2 Å². The van der Waals surface area contributed by atoms with Crippen LogP contribution in [-0.4, -0.2) is 32.8 Å². The summed E-state index contributed by atoms with van der Waals surface area (Å²) >= 11 is 5.06. The first-order valence-electron chi connectivity index (χ1n) is 11.0. The number of fused-ring (bicyclic) bond motifs is 1. The molecule has 5 aromatic rings. The molecule has 0 spiro atoms. The van der Waals surface area contributed by atoms with E-state index in [1.165, 1.54) is 12.7 Å². The molecular formula is C26H20N4O3S. The van der Waals surface area contributed by atoms with Crippen LogP contribution in [0.2, 0.25) is 0 Å². The smallest absolute Gasteiger partial charge is 0.340 e. The fourth-order valence-electron chi connectivity index (χ4n) is 4.48. The Morgan fingerprint density at radius 3 is 2.65 bits per heavy atom. The molecule has 2 aromatic heterocycles. The number of nitrogens with zero attached hydrogens (tertiary/aromatic N) is 3. The van der Waals surface area contributed by atoms with Crippen molar-refractivity contribution in [1.29, 1.82) is 0 Å². The number of methoxy groups -OCH3 is 1. The minimum atomic E-state index is -0.384. The van der Waals surface area contributed by atoms with Crippen LogP contribution in [0.5, 0.6) is 0 Å². The zero-order valence-corrected chi connectivity index (χ0v) is 19.1. The van der Waals surface area contributed by atoms with Gasteiger partial charge in [-0.3, -0.25) is 4.57 Å². The zero-order chi connectivity index (χ0) is 23.2. The Morgan fingerprint density at radius 1 is 1.09 bits per heavy atom. The van der Waals surface area contributed by atoms with Gasteiger partial charge >= 0.3 is 10.8 Å². The Labute approximate surface area is 200 Å². The average molecular weight is 469 g/mol. The molecule has 0 atom stereocenters. The van der Waals surface area contributed by atoms with E-state index in [1.54, 1.807) is 12.4 Å². The first-order chi connectivity index (χ1) is 16.6. The lowest BCUT2D eigenvalue weighted by molar-refractivity contribution is 0.0602. The van der Waals surface area contributed by atoms with Gasteiger partial charge in [-0.15, -0.1) is 0 Å². The molecule has 34 heavy (non-hydrogen) atoms. The molecule has 3 aromatic carbocycles. The number of ether oxygens (including phenoxy) is 1. The van der Waals surface area contributed by atoms with Gasteiger partial charge in [0.2, 0.25) is 0 Å². The maximum Gasteiger partial charge on any atom is 0.340 e. The van der Waals surface area contributed by atoms with E-state index in [9.17, 15) is 4.79 Å². The quantitative estimate of drug-likeness (QED) is 0.249. The number of hydrogen-bond acceptors (Lipinski definition) is 6. The summed E-state index contributed by atoms with van der Waals surface area (Å²) in [5.41, 5.74) is 7.29. The highest BCUT2D eigenvalue weighted by atomic mass is 32.1. The third-order valence-corrected chi connectivity index (χ3v) is 6.39. The van der Waals surface area contributed by atoms with Gasteiger partial charge in [0.15, 0.2) is 5.82 Å². The lowest BCUT2D eigenvalue weighted by Gasteiger charge is -2.15. The van der Waals surface area contributed by atoms with Crippen LogP contribution in [0.1, 0.15) is 34.7 Å². The fourth-order valence-corrected chi connectivity index (χ4v) is 4.62. The van der Waals surface area contributed by atoms with Crippen molar-refractivity contribution in [2.45, 2.75) is 18.8 Å². The lowest BCUT2D eigenvalue weighted by atomic mass is 9.92. The number of benzene rings is 3. The summed E-state index contributed by atoms with van der Waals surface area (Å²) in [7, 11) is 1.39. The van der Waals surface area contributed by atoms with Gasteiger partial charge in [-0.05, 0) is 71.9 Å². The number of aromatic nitrogens is 4. The molecule has 1 N–H and O–H groups in total. The van der Waals surface area contributed by atoms with Crippen molar-refractivity contribution in [3.63, 3.8) is 0 Å². The SMILES string of the molecule is COC(=O)c1cccc2ncn(-c3ccc(-c4ccccc4-c4nc(=S)o[nH]4)c(C4CC4)c3)c12. The Kier molecular flexibility index (Phi) is 4.88. The van der Waals surface area contributed by atoms with Crippen molar-refractivity contribution in [1.82, 2.24) is 19.7 Å². The summed E-state index contributed by atoms with van der Waals surface area (Å²) in [6.07, 6.45) is 4.04. The van der Waals surface area contributed by atoms with Crippen LogP contribution in [0, 0.1) is 4.84 Å². The van der Waals surface area contributed by atoms with Gasteiger partial charge in [0, 0.05) is 11.3 Å². The molecule has 7 nitrogen and oxygen atoms in total. The van der Waals surface area contributed by atoms with E-state index in [0.717, 1.165) is 46.3 Å². The molecule has 0 unspecified atom stereocenters. The van der Waals surface area contributed by atoms with Gasteiger partial charge in [0.1, 0.15) is 6.33 Å². The van der Waals surface area contributed by atoms with Crippen molar-refractivity contribution in [2.24, 2.45) is 0 Å². The summed E-state index contributed by atoms with van der Waals surface area (Å²) in [6.45, 7) is 0. The fraction of sp³-hybridized carbons (Fsp3) is 0.154. The molecule has 1 aliphatic rings. The minimum absolute atomic E-state index is 0.177. The molecule has 6 rings (SSSR count). The van der Waals surface area contributed by atoms with Crippen LogP contribution in [0.25, 0.3) is 39.2 Å². The second-order valence-corrected chi connectivity index (χ2v) is 8.65. The standard InChI is InChI=1S/C26H20N4O3S/c1-32-25(31)20-7-4-8-22-23(20)30(14-27-22)16-11-12-18(21(13-16)15-9-10-15)17-5-2-3-6-19(17)24-28-26(34)33-29-24/h2-8,11-15H,9-10H2,1H3,(H,28,29,34). The summed E-state index contributed by atoms with van der Waals surface area (Å²) in [4.78, 5) is 21.4. The van der Waals surface area contributed by atoms with Crippen molar-refractivity contribution < 1.29 is 14.1 Å². The number of hydrogen-bond donors (Lipinski definition) is 1. The highest BCUT2D eigenvalue weighted by molar-refractivity contribution is 7.71. The molecule has 1 saturated carbocycles.